The zero-order valence-corrected chi connectivity index (χ0v) is 13.1. The molecule has 0 saturated carbocycles. The van der Waals surface area contributed by atoms with Crippen LogP contribution in [0.4, 0.5) is 0 Å². The number of rotatable bonds is 6. The van der Waals surface area contributed by atoms with Gasteiger partial charge in [-0.2, -0.15) is 0 Å². The van der Waals surface area contributed by atoms with Gasteiger partial charge in [-0.05, 0) is 36.9 Å². The summed E-state index contributed by atoms with van der Waals surface area (Å²) in [6, 6.07) is 9.73. The first-order valence-corrected chi connectivity index (χ1v) is 7.07. The fourth-order valence-electron chi connectivity index (χ4n) is 2.28. The number of aliphatic carboxylic acids is 1. The summed E-state index contributed by atoms with van der Waals surface area (Å²) < 4.78 is 5.09. The number of ether oxygens (including phenoxy) is 1. The van der Waals surface area contributed by atoms with Gasteiger partial charge in [-0.25, -0.2) is 0 Å². The lowest BCUT2D eigenvalue weighted by Crippen LogP contribution is -2.30. The third-order valence-electron chi connectivity index (χ3n) is 3.30. The fourth-order valence-corrected chi connectivity index (χ4v) is 2.54. The maximum atomic E-state index is 11.7. The highest BCUT2D eigenvalue weighted by atomic mass is 35.5. The minimum absolute atomic E-state index is 0.387. The van der Waals surface area contributed by atoms with E-state index in [2.05, 4.69) is 4.98 Å². The number of halogens is 1. The molecule has 0 saturated heterocycles. The minimum atomic E-state index is -0.945. The van der Waals surface area contributed by atoms with Gasteiger partial charge in [0.25, 0.3) is 0 Å². The van der Waals surface area contributed by atoms with Crippen molar-refractivity contribution in [1.29, 1.82) is 0 Å². The van der Waals surface area contributed by atoms with Crippen LogP contribution in [-0.4, -0.2) is 35.1 Å². The van der Waals surface area contributed by atoms with E-state index in [-0.39, 0.29) is 0 Å². The fraction of sp³-hybridized carbons (Fsp3) is 0.250. The summed E-state index contributed by atoms with van der Waals surface area (Å²) in [7, 11) is 3.26. The number of carboxylic acid groups (broad SMARTS) is 1. The van der Waals surface area contributed by atoms with Crippen molar-refractivity contribution in [3.05, 3.63) is 58.9 Å². The van der Waals surface area contributed by atoms with Crippen LogP contribution >= 0.6 is 11.6 Å². The van der Waals surface area contributed by atoms with Gasteiger partial charge in [0.1, 0.15) is 11.8 Å². The van der Waals surface area contributed by atoms with Crippen molar-refractivity contribution in [2.45, 2.75) is 12.6 Å². The lowest BCUT2D eigenvalue weighted by Gasteiger charge is -2.25. The lowest BCUT2D eigenvalue weighted by molar-refractivity contribution is -0.143. The number of carbonyl (C=O) groups is 1. The van der Waals surface area contributed by atoms with Crippen LogP contribution in [0.15, 0.2) is 42.6 Å². The minimum Gasteiger partial charge on any atom is -0.495 e. The number of likely N-dealkylation sites (N-methyl/N-ethyl adjacent to an activating group) is 1. The molecule has 1 aromatic heterocycles. The van der Waals surface area contributed by atoms with Gasteiger partial charge >= 0.3 is 5.97 Å². The molecule has 0 aliphatic heterocycles. The average molecular weight is 321 g/mol. The quantitative estimate of drug-likeness (QED) is 0.886. The summed E-state index contributed by atoms with van der Waals surface area (Å²) in [4.78, 5) is 17.6. The van der Waals surface area contributed by atoms with Gasteiger partial charge in [0, 0.05) is 12.7 Å². The van der Waals surface area contributed by atoms with Crippen molar-refractivity contribution in [3.8, 4) is 5.75 Å². The SMILES string of the molecule is COc1ccc(C(C(=O)O)N(C)Cc2ccccn2)cc1Cl. The van der Waals surface area contributed by atoms with Crippen molar-refractivity contribution < 1.29 is 14.6 Å². The van der Waals surface area contributed by atoms with E-state index in [0.717, 1.165) is 5.69 Å². The molecule has 1 unspecified atom stereocenters. The van der Waals surface area contributed by atoms with E-state index in [0.29, 0.717) is 22.9 Å². The first kappa shape index (κ1) is 16.3. The first-order chi connectivity index (χ1) is 10.5. The Balaban J connectivity index is 2.26. The Kier molecular flexibility index (Phi) is 5.35. The molecule has 1 N–H and O–H groups in total. The van der Waals surface area contributed by atoms with Crippen molar-refractivity contribution in [2.24, 2.45) is 0 Å². The van der Waals surface area contributed by atoms with Crippen LogP contribution in [0.1, 0.15) is 17.3 Å². The molecule has 1 aromatic carbocycles. The molecular formula is C16H17ClN2O3. The average Bonchev–Trinajstić information content (AvgIpc) is 2.48. The van der Waals surface area contributed by atoms with E-state index >= 15 is 0 Å². The molecule has 6 heteroatoms. The Bertz CT molecular complexity index is 649. The standard InChI is InChI=1S/C16H17ClN2O3/c1-19(10-12-5-3-4-8-18-12)15(16(20)21)11-6-7-14(22-2)13(17)9-11/h3-9,15H,10H2,1-2H3,(H,20,21). The first-order valence-electron chi connectivity index (χ1n) is 6.69. The number of carboxylic acids is 1. The molecule has 0 bridgehead atoms. The Morgan fingerprint density at radius 1 is 1.41 bits per heavy atom. The third kappa shape index (κ3) is 3.75. The van der Waals surface area contributed by atoms with Crippen LogP contribution in [-0.2, 0) is 11.3 Å². The third-order valence-corrected chi connectivity index (χ3v) is 3.60. The van der Waals surface area contributed by atoms with Gasteiger partial charge in [0.2, 0.25) is 0 Å². The number of aromatic nitrogens is 1. The normalized spacial score (nSPS) is 12.2. The number of pyridine rings is 1. The second-order valence-electron chi connectivity index (χ2n) is 4.87. The van der Waals surface area contributed by atoms with E-state index in [1.807, 2.05) is 18.2 Å². The van der Waals surface area contributed by atoms with Crippen LogP contribution in [0.3, 0.4) is 0 Å². The Labute approximate surface area is 134 Å². The van der Waals surface area contributed by atoms with E-state index in [1.54, 1.807) is 36.3 Å². The molecule has 116 valence electrons. The van der Waals surface area contributed by atoms with Gasteiger partial charge in [-0.15, -0.1) is 0 Å². The van der Waals surface area contributed by atoms with Gasteiger partial charge in [0.15, 0.2) is 0 Å². The molecule has 5 nitrogen and oxygen atoms in total. The van der Waals surface area contributed by atoms with Crippen LogP contribution < -0.4 is 4.74 Å². The van der Waals surface area contributed by atoms with Crippen molar-refractivity contribution in [1.82, 2.24) is 9.88 Å². The van der Waals surface area contributed by atoms with Gasteiger partial charge in [-0.1, -0.05) is 23.7 Å². The maximum Gasteiger partial charge on any atom is 0.325 e. The van der Waals surface area contributed by atoms with Crippen molar-refractivity contribution in [2.75, 3.05) is 14.2 Å². The van der Waals surface area contributed by atoms with Crippen molar-refractivity contribution >= 4 is 17.6 Å². The summed E-state index contributed by atoms with van der Waals surface area (Å²) in [6.07, 6.45) is 1.68. The number of hydrogen-bond acceptors (Lipinski definition) is 4. The molecule has 2 aromatic rings. The summed E-state index contributed by atoms with van der Waals surface area (Å²) >= 11 is 6.09. The summed E-state index contributed by atoms with van der Waals surface area (Å²) in [5.74, 6) is -0.429. The van der Waals surface area contributed by atoms with Crippen LogP contribution in [0, 0.1) is 0 Å². The molecule has 0 aliphatic rings. The zero-order chi connectivity index (χ0) is 16.1. The van der Waals surface area contributed by atoms with E-state index in [9.17, 15) is 9.90 Å². The summed E-state index contributed by atoms with van der Waals surface area (Å²) in [6.45, 7) is 0.418. The van der Waals surface area contributed by atoms with Crippen molar-refractivity contribution in [3.63, 3.8) is 0 Å². The molecule has 0 amide bonds. The number of methoxy groups -OCH3 is 1. The Morgan fingerprint density at radius 3 is 2.73 bits per heavy atom. The molecule has 0 fully saturated rings. The van der Waals surface area contributed by atoms with E-state index in [1.165, 1.54) is 7.11 Å². The lowest BCUT2D eigenvalue weighted by atomic mass is 10.1. The number of nitrogens with zero attached hydrogens (tertiary/aromatic N) is 2. The van der Waals surface area contributed by atoms with Crippen LogP contribution in [0.5, 0.6) is 5.75 Å². The molecule has 1 atom stereocenters. The van der Waals surface area contributed by atoms with Gasteiger partial charge < -0.3 is 9.84 Å². The molecule has 2 rings (SSSR count). The van der Waals surface area contributed by atoms with Crippen LogP contribution in [0.2, 0.25) is 5.02 Å². The monoisotopic (exact) mass is 320 g/mol. The molecule has 0 spiro atoms. The summed E-state index contributed by atoms with van der Waals surface area (Å²) in [5, 5.41) is 9.94. The highest BCUT2D eigenvalue weighted by molar-refractivity contribution is 6.32. The van der Waals surface area contributed by atoms with Crippen LogP contribution in [0.25, 0.3) is 0 Å². The molecule has 0 radical (unpaired) electrons. The molecule has 1 heterocycles. The maximum absolute atomic E-state index is 11.7. The van der Waals surface area contributed by atoms with E-state index < -0.39 is 12.0 Å². The Hall–Kier alpha value is -2.11. The van der Waals surface area contributed by atoms with E-state index in [4.69, 9.17) is 16.3 Å². The zero-order valence-electron chi connectivity index (χ0n) is 12.4. The highest BCUT2D eigenvalue weighted by Crippen LogP contribution is 2.30. The number of hydrogen-bond donors (Lipinski definition) is 1. The molecular weight excluding hydrogens is 304 g/mol. The highest BCUT2D eigenvalue weighted by Gasteiger charge is 2.25. The van der Waals surface area contributed by atoms with Gasteiger partial charge in [0.05, 0.1) is 17.8 Å². The molecule has 0 aliphatic carbocycles. The topological polar surface area (TPSA) is 62.7 Å². The Morgan fingerprint density at radius 2 is 2.18 bits per heavy atom. The predicted octanol–water partition coefficient (Wildman–Crippen LogP) is 3.00. The largest absolute Gasteiger partial charge is 0.495 e. The smallest absolute Gasteiger partial charge is 0.325 e. The summed E-state index contributed by atoms with van der Waals surface area (Å²) in [5.41, 5.74) is 1.40. The van der Waals surface area contributed by atoms with Gasteiger partial charge in [-0.3, -0.25) is 14.7 Å². The second kappa shape index (κ2) is 7.24. The number of benzene rings is 1. The predicted molar refractivity (Wildman–Crippen MR) is 84.1 cm³/mol. The molecule has 22 heavy (non-hydrogen) atoms. The second-order valence-corrected chi connectivity index (χ2v) is 5.28.